The van der Waals surface area contributed by atoms with Crippen molar-refractivity contribution >= 4 is 11.1 Å². The summed E-state index contributed by atoms with van der Waals surface area (Å²) in [6.45, 7) is 13.3. The predicted octanol–water partition coefficient (Wildman–Crippen LogP) is 10.6. The SMILES string of the molecule is Cc1ccc(C(=CC2=CC(C)C(C)(C=C(c3ccc(C)cc3)c3ccc(C)cc3)C=C2)c2ccc(C)cc2)cc1. The van der Waals surface area contributed by atoms with Crippen molar-refractivity contribution in [2.75, 3.05) is 0 Å². The highest BCUT2D eigenvalue weighted by Gasteiger charge is 2.29. The largest absolute Gasteiger partial charge is 0.0736 e. The number of rotatable bonds is 6. The van der Waals surface area contributed by atoms with Crippen LogP contribution in [-0.2, 0) is 0 Å². The van der Waals surface area contributed by atoms with Crippen LogP contribution in [0.3, 0.4) is 0 Å². The fourth-order valence-corrected chi connectivity index (χ4v) is 5.30. The van der Waals surface area contributed by atoms with Gasteiger partial charge < -0.3 is 0 Å². The lowest BCUT2D eigenvalue weighted by molar-refractivity contribution is 0.418. The van der Waals surface area contributed by atoms with E-state index in [-0.39, 0.29) is 5.41 Å². The maximum absolute atomic E-state index is 2.47. The molecule has 200 valence electrons. The van der Waals surface area contributed by atoms with E-state index in [2.05, 4.69) is 169 Å². The van der Waals surface area contributed by atoms with E-state index < -0.39 is 0 Å². The minimum Gasteiger partial charge on any atom is -0.0736 e. The third-order valence-electron chi connectivity index (χ3n) is 8.28. The zero-order valence-corrected chi connectivity index (χ0v) is 24.7. The maximum Gasteiger partial charge on any atom is 0.0106 e. The van der Waals surface area contributed by atoms with Crippen molar-refractivity contribution in [3.63, 3.8) is 0 Å². The quantitative estimate of drug-likeness (QED) is 0.237. The van der Waals surface area contributed by atoms with Crippen LogP contribution in [0.5, 0.6) is 0 Å². The van der Waals surface area contributed by atoms with Crippen LogP contribution in [0.1, 0.15) is 58.4 Å². The average Bonchev–Trinajstić information content (AvgIpc) is 2.95. The van der Waals surface area contributed by atoms with E-state index >= 15 is 0 Å². The van der Waals surface area contributed by atoms with Gasteiger partial charge in [-0.05, 0) is 78.7 Å². The highest BCUT2D eigenvalue weighted by molar-refractivity contribution is 5.83. The molecule has 0 nitrogen and oxygen atoms in total. The Labute approximate surface area is 241 Å². The highest BCUT2D eigenvalue weighted by atomic mass is 14.3. The van der Waals surface area contributed by atoms with Crippen LogP contribution in [0.15, 0.2) is 133 Å². The standard InChI is InChI=1S/C40H40/c1-28-7-15-34(16-8-28)38(35-17-9-29(2)10-18-35)26-33-23-24-40(6,32(5)25-33)27-39(36-19-11-30(3)12-20-36)37-21-13-31(4)14-22-37/h7-27,32H,1-6H3. The normalized spacial score (nSPS) is 18.1. The maximum atomic E-state index is 2.47. The zero-order valence-electron chi connectivity index (χ0n) is 24.7. The number of aryl methyl sites for hydroxylation is 4. The van der Waals surface area contributed by atoms with Crippen molar-refractivity contribution in [2.24, 2.45) is 11.3 Å². The second-order valence-corrected chi connectivity index (χ2v) is 11.7. The first-order chi connectivity index (χ1) is 19.2. The minimum atomic E-state index is -0.115. The smallest absolute Gasteiger partial charge is 0.0106 e. The summed E-state index contributed by atoms with van der Waals surface area (Å²) >= 11 is 0. The van der Waals surface area contributed by atoms with Gasteiger partial charge in [-0.2, -0.15) is 0 Å². The molecule has 40 heavy (non-hydrogen) atoms. The molecule has 0 spiro atoms. The lowest BCUT2D eigenvalue weighted by Crippen LogP contribution is -2.22. The van der Waals surface area contributed by atoms with Gasteiger partial charge in [0.25, 0.3) is 0 Å². The van der Waals surface area contributed by atoms with E-state index in [4.69, 9.17) is 0 Å². The number of hydrogen-bond acceptors (Lipinski definition) is 0. The fraction of sp³-hybridized carbons (Fsp3) is 0.200. The first-order valence-corrected chi connectivity index (χ1v) is 14.3. The molecule has 0 saturated carbocycles. The molecule has 0 heterocycles. The summed E-state index contributed by atoms with van der Waals surface area (Å²) in [6, 6.07) is 35.6. The number of hydrogen-bond donors (Lipinski definition) is 0. The van der Waals surface area contributed by atoms with Crippen LogP contribution < -0.4 is 0 Å². The first-order valence-electron chi connectivity index (χ1n) is 14.3. The minimum absolute atomic E-state index is 0.115. The molecule has 0 saturated heterocycles. The van der Waals surface area contributed by atoms with Gasteiger partial charge in [-0.3, -0.25) is 0 Å². The van der Waals surface area contributed by atoms with E-state index in [1.165, 1.54) is 61.2 Å². The van der Waals surface area contributed by atoms with Gasteiger partial charge in [0, 0.05) is 5.41 Å². The Morgan fingerprint density at radius 2 is 0.900 bits per heavy atom. The van der Waals surface area contributed by atoms with Crippen LogP contribution >= 0.6 is 0 Å². The van der Waals surface area contributed by atoms with Gasteiger partial charge in [-0.15, -0.1) is 0 Å². The second kappa shape index (κ2) is 11.5. The van der Waals surface area contributed by atoms with E-state index in [0.717, 1.165) is 0 Å². The summed E-state index contributed by atoms with van der Waals surface area (Å²) in [5.41, 5.74) is 13.8. The predicted molar refractivity (Wildman–Crippen MR) is 173 cm³/mol. The van der Waals surface area contributed by atoms with Gasteiger partial charge in [0.2, 0.25) is 0 Å². The molecule has 0 amide bonds. The first kappa shape index (κ1) is 27.4. The van der Waals surface area contributed by atoms with Crippen molar-refractivity contribution in [2.45, 2.75) is 41.5 Å². The molecule has 0 fully saturated rings. The van der Waals surface area contributed by atoms with Gasteiger partial charge in [-0.1, -0.05) is 157 Å². The van der Waals surface area contributed by atoms with Crippen molar-refractivity contribution in [1.82, 2.24) is 0 Å². The fourth-order valence-electron chi connectivity index (χ4n) is 5.30. The topological polar surface area (TPSA) is 0 Å². The molecule has 0 aromatic heterocycles. The summed E-state index contributed by atoms with van der Waals surface area (Å²) in [6.07, 6.45) is 12.0. The van der Waals surface area contributed by atoms with Crippen molar-refractivity contribution in [1.29, 1.82) is 0 Å². The third-order valence-corrected chi connectivity index (χ3v) is 8.28. The van der Waals surface area contributed by atoms with Crippen molar-refractivity contribution in [3.8, 4) is 0 Å². The van der Waals surface area contributed by atoms with Crippen LogP contribution in [0, 0.1) is 39.0 Å². The second-order valence-electron chi connectivity index (χ2n) is 11.7. The molecular formula is C40H40. The average molecular weight is 521 g/mol. The van der Waals surface area contributed by atoms with Gasteiger partial charge >= 0.3 is 0 Å². The Morgan fingerprint density at radius 1 is 0.550 bits per heavy atom. The highest BCUT2D eigenvalue weighted by Crippen LogP contribution is 2.41. The van der Waals surface area contributed by atoms with Gasteiger partial charge in [0.1, 0.15) is 0 Å². The van der Waals surface area contributed by atoms with E-state index in [1.807, 2.05) is 0 Å². The van der Waals surface area contributed by atoms with Crippen LogP contribution in [0.25, 0.3) is 11.1 Å². The van der Waals surface area contributed by atoms with E-state index in [1.54, 1.807) is 0 Å². The molecule has 2 atom stereocenters. The molecule has 0 bridgehead atoms. The Hall–Kier alpha value is -4.16. The molecule has 5 rings (SSSR count). The molecular weight excluding hydrogens is 480 g/mol. The van der Waals surface area contributed by atoms with Crippen LogP contribution in [0.2, 0.25) is 0 Å². The lowest BCUT2D eigenvalue weighted by Gasteiger charge is -2.32. The number of allylic oxidation sites excluding steroid dienone is 6. The lowest BCUT2D eigenvalue weighted by atomic mass is 9.71. The Bertz CT molecular complexity index is 1490. The molecule has 0 radical (unpaired) electrons. The van der Waals surface area contributed by atoms with Gasteiger partial charge in [0.05, 0.1) is 0 Å². The molecule has 2 unspecified atom stereocenters. The monoisotopic (exact) mass is 520 g/mol. The molecule has 0 heteroatoms. The molecule has 4 aromatic rings. The third kappa shape index (κ3) is 6.18. The zero-order chi connectivity index (χ0) is 28.3. The van der Waals surface area contributed by atoms with Crippen LogP contribution in [-0.4, -0.2) is 0 Å². The molecule has 0 N–H and O–H groups in total. The Morgan fingerprint density at radius 3 is 1.25 bits per heavy atom. The summed E-state index contributed by atoms with van der Waals surface area (Å²) in [5, 5.41) is 0. The summed E-state index contributed by atoms with van der Waals surface area (Å²) in [4.78, 5) is 0. The summed E-state index contributed by atoms with van der Waals surface area (Å²) < 4.78 is 0. The Kier molecular flexibility index (Phi) is 7.90. The van der Waals surface area contributed by atoms with Gasteiger partial charge in [0.15, 0.2) is 0 Å². The van der Waals surface area contributed by atoms with Crippen LogP contribution in [0.4, 0.5) is 0 Å². The molecule has 1 aliphatic carbocycles. The molecule has 4 aromatic carbocycles. The summed E-state index contributed by atoms with van der Waals surface area (Å²) in [7, 11) is 0. The van der Waals surface area contributed by atoms with Gasteiger partial charge in [-0.25, -0.2) is 0 Å². The number of benzene rings is 4. The Balaban J connectivity index is 1.54. The summed E-state index contributed by atoms with van der Waals surface area (Å²) in [5.74, 6) is 0.326. The van der Waals surface area contributed by atoms with Crippen molar-refractivity contribution < 1.29 is 0 Å². The molecule has 0 aliphatic heterocycles. The van der Waals surface area contributed by atoms with E-state index in [9.17, 15) is 0 Å². The van der Waals surface area contributed by atoms with E-state index in [0.29, 0.717) is 5.92 Å². The molecule has 1 aliphatic rings. The van der Waals surface area contributed by atoms with Crippen molar-refractivity contribution in [3.05, 3.63) is 178 Å².